The van der Waals surface area contributed by atoms with Crippen molar-refractivity contribution in [2.45, 2.75) is 57.3 Å². The van der Waals surface area contributed by atoms with Gasteiger partial charge in [0.2, 0.25) is 0 Å². The molecule has 8 heteroatoms. The Morgan fingerprint density at radius 1 is 0.970 bits per heavy atom. The number of anilines is 1. The van der Waals surface area contributed by atoms with Crippen LogP contribution in [0.15, 0.2) is 46.9 Å². The molecule has 0 spiro atoms. The standard InChI is InChI=1S/C25H25NO6Se/c1-11(2)13-8-9-16-15(10-13)18(23-20(28)14-6-4-5-7-17(14)33-23)24(31)26(16)25-22(30)21(29)19(27)12(3)32-25/h4-12,19,21-22,25,27,29-30H,1-3H3/b23-18-/t12-,19-,21+,22+,25-/m0/s1. The third-order valence-electron chi connectivity index (χ3n) is 6.51. The Morgan fingerprint density at radius 3 is 2.39 bits per heavy atom. The fraction of sp³-hybridized carbons (Fsp3) is 0.360. The number of benzene rings is 2. The maximum atomic E-state index is 13.9. The van der Waals surface area contributed by atoms with Gasteiger partial charge in [0.1, 0.15) is 0 Å². The molecule has 3 N–H and O–H groups in total. The Bertz CT molecular complexity index is 1190. The van der Waals surface area contributed by atoms with E-state index >= 15 is 0 Å². The molecule has 2 aromatic rings. The number of carbonyl (C=O) groups excluding carboxylic acids is 2. The molecule has 0 unspecified atom stereocenters. The van der Waals surface area contributed by atoms with Gasteiger partial charge in [0.15, 0.2) is 0 Å². The van der Waals surface area contributed by atoms with Crippen LogP contribution in [-0.4, -0.2) is 72.6 Å². The van der Waals surface area contributed by atoms with Gasteiger partial charge in [0, 0.05) is 0 Å². The van der Waals surface area contributed by atoms with Gasteiger partial charge < -0.3 is 0 Å². The van der Waals surface area contributed by atoms with Crippen molar-refractivity contribution in [3.05, 3.63) is 63.6 Å². The minimum atomic E-state index is -1.51. The molecule has 3 aliphatic rings. The fourth-order valence-corrected chi connectivity index (χ4v) is 6.96. The zero-order valence-electron chi connectivity index (χ0n) is 18.4. The maximum absolute atomic E-state index is 13.9. The number of ketones is 1. The fourth-order valence-electron chi connectivity index (χ4n) is 4.57. The molecule has 1 amide bonds. The van der Waals surface area contributed by atoms with Gasteiger partial charge in [-0.3, -0.25) is 0 Å². The van der Waals surface area contributed by atoms with Gasteiger partial charge in [-0.05, 0) is 0 Å². The molecular formula is C25H25NO6Se. The van der Waals surface area contributed by atoms with Crippen molar-refractivity contribution in [1.29, 1.82) is 0 Å². The molecule has 0 aromatic heterocycles. The summed E-state index contributed by atoms with van der Waals surface area (Å²) in [6, 6.07) is 13.0. The first kappa shape index (κ1) is 22.5. The minimum absolute atomic E-state index is 0.148. The molecule has 5 rings (SSSR count). The van der Waals surface area contributed by atoms with Crippen LogP contribution in [0.4, 0.5) is 5.69 Å². The summed E-state index contributed by atoms with van der Waals surface area (Å²) in [5.41, 5.74) is 3.12. The van der Waals surface area contributed by atoms with Crippen molar-refractivity contribution in [2.75, 3.05) is 4.90 Å². The van der Waals surface area contributed by atoms with Crippen molar-refractivity contribution in [1.82, 2.24) is 0 Å². The molecule has 0 radical (unpaired) electrons. The number of nitrogens with zero attached hydrogens (tertiary/aromatic N) is 1. The van der Waals surface area contributed by atoms with Gasteiger partial charge >= 0.3 is 198 Å². The second-order valence-electron chi connectivity index (χ2n) is 8.94. The molecule has 5 atom stereocenters. The van der Waals surface area contributed by atoms with E-state index in [0.717, 1.165) is 10.0 Å². The quantitative estimate of drug-likeness (QED) is 0.407. The molecule has 33 heavy (non-hydrogen) atoms. The van der Waals surface area contributed by atoms with Gasteiger partial charge in [-0.15, -0.1) is 0 Å². The van der Waals surface area contributed by atoms with E-state index < -0.39 is 36.6 Å². The number of hydrogen-bond acceptors (Lipinski definition) is 6. The van der Waals surface area contributed by atoms with E-state index in [-0.39, 0.29) is 26.7 Å². The van der Waals surface area contributed by atoms with E-state index in [0.29, 0.717) is 26.9 Å². The van der Waals surface area contributed by atoms with Crippen LogP contribution in [-0.2, 0) is 9.53 Å². The molecule has 172 valence electrons. The van der Waals surface area contributed by atoms with Crippen LogP contribution in [0.5, 0.6) is 0 Å². The molecule has 7 nitrogen and oxygen atoms in total. The molecule has 3 heterocycles. The van der Waals surface area contributed by atoms with Crippen molar-refractivity contribution in [3.8, 4) is 0 Å². The van der Waals surface area contributed by atoms with Crippen molar-refractivity contribution in [2.24, 2.45) is 0 Å². The average Bonchev–Trinajstić information content (AvgIpc) is 3.27. The van der Waals surface area contributed by atoms with E-state index in [1.165, 1.54) is 4.90 Å². The molecule has 3 aliphatic heterocycles. The van der Waals surface area contributed by atoms with Gasteiger partial charge in [0.05, 0.1) is 0 Å². The molecular weight excluding hydrogens is 489 g/mol. The third kappa shape index (κ3) is 3.41. The second kappa shape index (κ2) is 8.16. The zero-order valence-corrected chi connectivity index (χ0v) is 20.1. The molecule has 0 aliphatic carbocycles. The first-order valence-electron chi connectivity index (χ1n) is 10.9. The SMILES string of the molecule is CC(C)c1ccc2c(c1)/C(=C1/[Se]c3ccccc3C1=O)C(=O)N2[C@H]1O[C@@H](C)[C@H](O)[C@@H](O)[C@H]1O. The summed E-state index contributed by atoms with van der Waals surface area (Å²) >= 11 is -0.338. The number of carbonyl (C=O) groups is 2. The summed E-state index contributed by atoms with van der Waals surface area (Å²) in [5, 5.41) is 31.2. The van der Waals surface area contributed by atoms with E-state index in [1.54, 1.807) is 19.1 Å². The summed E-state index contributed by atoms with van der Waals surface area (Å²) in [5.74, 6) is -0.379. The first-order chi connectivity index (χ1) is 15.7. The number of aliphatic hydroxyl groups excluding tert-OH is 3. The summed E-state index contributed by atoms with van der Waals surface area (Å²) in [6.07, 6.45) is -6.24. The van der Waals surface area contributed by atoms with Crippen LogP contribution in [0, 0.1) is 0 Å². The zero-order chi connectivity index (χ0) is 23.6. The van der Waals surface area contributed by atoms with E-state index in [4.69, 9.17) is 4.74 Å². The van der Waals surface area contributed by atoms with E-state index in [2.05, 4.69) is 13.8 Å². The topological polar surface area (TPSA) is 107 Å². The molecule has 1 fully saturated rings. The first-order valence-corrected chi connectivity index (χ1v) is 12.7. The number of aliphatic hydroxyl groups is 3. The number of ether oxygens (including phenoxy) is 1. The number of fused-ring (bicyclic) bond motifs is 2. The summed E-state index contributed by atoms with van der Waals surface area (Å²) < 4.78 is 7.23. The van der Waals surface area contributed by atoms with Crippen molar-refractivity contribution in [3.63, 3.8) is 0 Å². The predicted octanol–water partition coefficient (Wildman–Crippen LogP) is 0.921. The summed E-state index contributed by atoms with van der Waals surface area (Å²) in [6.45, 7) is 5.68. The number of allylic oxidation sites excluding steroid dienone is 1. The summed E-state index contributed by atoms with van der Waals surface area (Å²) in [7, 11) is 0. The Kier molecular flexibility index (Phi) is 5.56. The predicted molar refractivity (Wildman–Crippen MR) is 123 cm³/mol. The third-order valence-corrected chi connectivity index (χ3v) is 8.96. The van der Waals surface area contributed by atoms with E-state index in [9.17, 15) is 24.9 Å². The monoisotopic (exact) mass is 515 g/mol. The average molecular weight is 514 g/mol. The second-order valence-corrected chi connectivity index (χ2v) is 11.1. The van der Waals surface area contributed by atoms with Crippen LogP contribution in [0.3, 0.4) is 0 Å². The van der Waals surface area contributed by atoms with Crippen LogP contribution < -0.4 is 9.36 Å². The normalized spacial score (nSPS) is 31.4. The van der Waals surface area contributed by atoms with Gasteiger partial charge in [-0.2, -0.15) is 0 Å². The Balaban J connectivity index is 1.67. The molecule has 0 saturated carbocycles. The Hall–Kier alpha value is -2.32. The Morgan fingerprint density at radius 2 is 1.70 bits per heavy atom. The number of Topliss-reactive ketones (excluding diaryl/α,β-unsaturated/α-hetero) is 1. The van der Waals surface area contributed by atoms with E-state index in [1.807, 2.05) is 30.3 Å². The van der Waals surface area contributed by atoms with Gasteiger partial charge in [-0.1, -0.05) is 0 Å². The van der Waals surface area contributed by atoms with Crippen LogP contribution in [0.25, 0.3) is 5.57 Å². The van der Waals surface area contributed by atoms with Crippen LogP contribution in [0.2, 0.25) is 0 Å². The number of amides is 1. The molecule has 2 aromatic carbocycles. The van der Waals surface area contributed by atoms with Crippen LogP contribution in [0.1, 0.15) is 48.2 Å². The number of hydrogen-bond donors (Lipinski definition) is 3. The van der Waals surface area contributed by atoms with Crippen LogP contribution >= 0.6 is 0 Å². The van der Waals surface area contributed by atoms with Gasteiger partial charge in [-0.25, -0.2) is 0 Å². The molecule has 0 bridgehead atoms. The van der Waals surface area contributed by atoms with Crippen molar-refractivity contribution >= 4 is 42.4 Å². The number of rotatable bonds is 2. The summed E-state index contributed by atoms with van der Waals surface area (Å²) in [4.78, 5) is 28.5. The van der Waals surface area contributed by atoms with Gasteiger partial charge in [0.25, 0.3) is 0 Å². The van der Waals surface area contributed by atoms with Crippen molar-refractivity contribution < 1.29 is 29.6 Å². The Labute approximate surface area is 197 Å². The molecule has 1 saturated heterocycles.